The molecule has 1 heterocycles. The van der Waals surface area contributed by atoms with Gasteiger partial charge in [-0.05, 0) is 17.7 Å². The predicted molar refractivity (Wildman–Crippen MR) is 75.3 cm³/mol. The lowest BCUT2D eigenvalue weighted by Crippen LogP contribution is -2.32. The molecule has 0 spiro atoms. The largest absolute Gasteiger partial charge is 0.515 e. The Hall–Kier alpha value is -1.67. The molecule has 0 bridgehead atoms. The number of methoxy groups -OCH3 is 1. The Kier molecular flexibility index (Phi) is 7.11. The smallest absolute Gasteiger partial charge is 0.407 e. The molecule has 0 radical (unpaired) electrons. The van der Waals surface area contributed by atoms with Crippen LogP contribution in [0.1, 0.15) is 5.56 Å². The van der Waals surface area contributed by atoms with Crippen molar-refractivity contribution in [3.63, 3.8) is 0 Å². The first kappa shape index (κ1) is 16.7. The summed E-state index contributed by atoms with van der Waals surface area (Å²) < 4.78 is 30.0. The van der Waals surface area contributed by atoms with E-state index in [2.05, 4.69) is 0 Å². The van der Waals surface area contributed by atoms with Gasteiger partial charge in [-0.2, -0.15) is 0 Å². The highest BCUT2D eigenvalue weighted by atomic mass is 16.8. The molecule has 0 atom stereocenters. The Bertz CT molecular complexity index is 442. The molecule has 1 aliphatic rings. The number of rotatable bonds is 9. The molecule has 7 heteroatoms. The van der Waals surface area contributed by atoms with Crippen LogP contribution >= 0.6 is 0 Å². The minimum Gasteiger partial charge on any atom is -0.407 e. The third-order valence-electron chi connectivity index (χ3n) is 2.92. The van der Waals surface area contributed by atoms with E-state index in [-0.39, 0.29) is 13.6 Å². The first-order valence-corrected chi connectivity index (χ1v) is 6.93. The molecule has 1 fully saturated rings. The van der Waals surface area contributed by atoms with Crippen LogP contribution in [0.15, 0.2) is 24.3 Å². The van der Waals surface area contributed by atoms with Crippen molar-refractivity contribution in [1.29, 1.82) is 0 Å². The monoisotopic (exact) mass is 312 g/mol. The van der Waals surface area contributed by atoms with Gasteiger partial charge in [0.05, 0.1) is 26.4 Å². The zero-order chi connectivity index (χ0) is 15.6. The molecule has 1 aromatic carbocycles. The van der Waals surface area contributed by atoms with Gasteiger partial charge in [0.15, 0.2) is 6.79 Å². The fourth-order valence-corrected chi connectivity index (χ4v) is 1.71. The molecule has 122 valence electrons. The van der Waals surface area contributed by atoms with Crippen LogP contribution in [-0.2, 0) is 30.3 Å². The van der Waals surface area contributed by atoms with Crippen molar-refractivity contribution in [2.75, 3.05) is 40.5 Å². The van der Waals surface area contributed by atoms with Gasteiger partial charge in [-0.25, -0.2) is 4.79 Å². The first-order chi connectivity index (χ1) is 10.8. The lowest BCUT2D eigenvalue weighted by Gasteiger charge is -2.25. The van der Waals surface area contributed by atoms with E-state index in [1.54, 1.807) is 31.4 Å². The van der Waals surface area contributed by atoms with Crippen molar-refractivity contribution in [1.82, 2.24) is 0 Å². The second-order valence-corrected chi connectivity index (χ2v) is 4.79. The van der Waals surface area contributed by atoms with E-state index >= 15 is 0 Å². The minimum absolute atomic E-state index is 0.127. The molecule has 1 saturated heterocycles. The van der Waals surface area contributed by atoms with Crippen molar-refractivity contribution in [2.24, 2.45) is 5.92 Å². The Morgan fingerprint density at radius 3 is 2.59 bits per heavy atom. The first-order valence-electron chi connectivity index (χ1n) is 6.93. The number of carbonyl (C=O) groups excluding carboxylic acids is 1. The van der Waals surface area contributed by atoms with Crippen molar-refractivity contribution >= 4 is 6.16 Å². The van der Waals surface area contributed by atoms with E-state index in [0.717, 1.165) is 5.56 Å². The van der Waals surface area contributed by atoms with Crippen LogP contribution in [0.5, 0.6) is 5.75 Å². The Labute approximate surface area is 129 Å². The molecule has 0 amide bonds. The number of ether oxygens (including phenoxy) is 6. The summed E-state index contributed by atoms with van der Waals surface area (Å²) in [6.07, 6.45) is -0.798. The molecule has 2 rings (SSSR count). The van der Waals surface area contributed by atoms with Gasteiger partial charge in [-0.1, -0.05) is 12.1 Å². The SMILES string of the molecule is COCOCc1ccc(OC(=O)OCOCC2COC2)cc1. The van der Waals surface area contributed by atoms with Crippen LogP contribution < -0.4 is 4.74 Å². The lowest BCUT2D eigenvalue weighted by atomic mass is 10.1. The molecule has 0 N–H and O–H groups in total. The maximum absolute atomic E-state index is 11.4. The number of hydrogen-bond donors (Lipinski definition) is 0. The van der Waals surface area contributed by atoms with Crippen LogP contribution in [0.3, 0.4) is 0 Å². The van der Waals surface area contributed by atoms with E-state index in [1.807, 2.05) is 0 Å². The predicted octanol–water partition coefficient (Wildman–Crippen LogP) is 1.94. The molecule has 1 aliphatic heterocycles. The highest BCUT2D eigenvalue weighted by Crippen LogP contribution is 2.14. The standard InChI is InChI=1S/C15H20O7/c1-17-10-19-6-12-2-4-14(5-3-12)22-15(16)21-11-20-9-13-7-18-8-13/h2-5,13H,6-11H2,1H3. The van der Waals surface area contributed by atoms with Crippen molar-refractivity contribution < 1.29 is 33.2 Å². The maximum Gasteiger partial charge on any atom is 0.515 e. The van der Waals surface area contributed by atoms with Gasteiger partial charge in [0.2, 0.25) is 0 Å². The summed E-state index contributed by atoms with van der Waals surface area (Å²) in [6, 6.07) is 6.93. The van der Waals surface area contributed by atoms with Crippen LogP contribution in [0.4, 0.5) is 4.79 Å². The average molecular weight is 312 g/mol. The zero-order valence-corrected chi connectivity index (χ0v) is 12.5. The highest BCUT2D eigenvalue weighted by molar-refractivity contribution is 5.63. The molecule has 22 heavy (non-hydrogen) atoms. The third-order valence-corrected chi connectivity index (χ3v) is 2.92. The quantitative estimate of drug-likeness (QED) is 0.298. The molecular weight excluding hydrogens is 292 g/mol. The van der Waals surface area contributed by atoms with Gasteiger partial charge in [0.1, 0.15) is 12.5 Å². The second-order valence-electron chi connectivity index (χ2n) is 4.79. The van der Waals surface area contributed by atoms with E-state index < -0.39 is 6.16 Å². The van der Waals surface area contributed by atoms with Crippen molar-refractivity contribution in [3.05, 3.63) is 29.8 Å². The number of carbonyl (C=O) groups is 1. The summed E-state index contributed by atoms with van der Waals surface area (Å²) in [6.45, 7) is 2.45. The summed E-state index contributed by atoms with van der Waals surface area (Å²) in [4.78, 5) is 11.4. The molecule has 0 unspecified atom stereocenters. The van der Waals surface area contributed by atoms with Crippen LogP contribution in [0.25, 0.3) is 0 Å². The van der Waals surface area contributed by atoms with Gasteiger partial charge < -0.3 is 28.4 Å². The molecule has 7 nitrogen and oxygen atoms in total. The van der Waals surface area contributed by atoms with Crippen LogP contribution in [-0.4, -0.2) is 46.7 Å². The second kappa shape index (κ2) is 9.37. The summed E-state index contributed by atoms with van der Waals surface area (Å²) in [7, 11) is 1.56. The summed E-state index contributed by atoms with van der Waals surface area (Å²) >= 11 is 0. The van der Waals surface area contributed by atoms with Crippen LogP contribution in [0.2, 0.25) is 0 Å². The maximum atomic E-state index is 11.4. The van der Waals surface area contributed by atoms with E-state index in [1.165, 1.54) is 0 Å². The normalized spacial score (nSPS) is 14.4. The van der Waals surface area contributed by atoms with Crippen molar-refractivity contribution in [2.45, 2.75) is 6.61 Å². The Balaban J connectivity index is 1.60. The van der Waals surface area contributed by atoms with E-state index in [4.69, 9.17) is 28.4 Å². The van der Waals surface area contributed by atoms with Gasteiger partial charge in [-0.15, -0.1) is 0 Å². The fraction of sp³-hybridized carbons (Fsp3) is 0.533. The Morgan fingerprint density at radius 1 is 1.18 bits per heavy atom. The lowest BCUT2D eigenvalue weighted by molar-refractivity contribution is -0.103. The van der Waals surface area contributed by atoms with Gasteiger partial charge in [-0.3, -0.25) is 0 Å². The molecule has 0 saturated carbocycles. The topological polar surface area (TPSA) is 72.5 Å². The summed E-state index contributed by atoms with van der Waals surface area (Å²) in [5.74, 6) is 0.792. The molecule has 0 aromatic heterocycles. The summed E-state index contributed by atoms with van der Waals surface area (Å²) in [5, 5.41) is 0. The molecular formula is C15H20O7. The fourth-order valence-electron chi connectivity index (χ4n) is 1.71. The van der Waals surface area contributed by atoms with E-state index in [0.29, 0.717) is 38.1 Å². The number of benzene rings is 1. The third kappa shape index (κ3) is 5.98. The van der Waals surface area contributed by atoms with E-state index in [9.17, 15) is 4.79 Å². The van der Waals surface area contributed by atoms with Gasteiger partial charge in [0.25, 0.3) is 0 Å². The average Bonchev–Trinajstić information content (AvgIpc) is 2.47. The molecule has 0 aliphatic carbocycles. The zero-order valence-electron chi connectivity index (χ0n) is 12.5. The molecule has 1 aromatic rings. The highest BCUT2D eigenvalue weighted by Gasteiger charge is 2.18. The van der Waals surface area contributed by atoms with Gasteiger partial charge >= 0.3 is 6.16 Å². The van der Waals surface area contributed by atoms with Crippen molar-refractivity contribution in [3.8, 4) is 5.75 Å². The van der Waals surface area contributed by atoms with Gasteiger partial charge in [0, 0.05) is 13.0 Å². The van der Waals surface area contributed by atoms with Crippen LogP contribution in [0, 0.1) is 5.92 Å². The number of hydrogen-bond acceptors (Lipinski definition) is 7. The summed E-state index contributed by atoms with van der Waals surface area (Å²) in [5.41, 5.74) is 0.948. The Morgan fingerprint density at radius 2 is 1.95 bits per heavy atom. The minimum atomic E-state index is -0.798.